The lowest BCUT2D eigenvalue weighted by Crippen LogP contribution is -2.10. The molecule has 0 aliphatic heterocycles. The van der Waals surface area contributed by atoms with Crippen LogP contribution in [0.4, 0.5) is 0 Å². The number of benzene rings is 1. The lowest BCUT2D eigenvalue weighted by Gasteiger charge is -2.10. The average Bonchev–Trinajstić information content (AvgIpc) is 2.85. The zero-order valence-electron chi connectivity index (χ0n) is 10.9. The van der Waals surface area contributed by atoms with Gasteiger partial charge in [-0.15, -0.1) is 10.2 Å². The van der Waals surface area contributed by atoms with Gasteiger partial charge in [-0.3, -0.25) is 0 Å². The molecule has 2 aromatic rings. The Hall–Kier alpha value is -1.59. The number of likely N-dealkylation sites (N-methyl/N-ethyl adjacent to an activating group) is 1. The smallest absolute Gasteiger partial charge is 0.256 e. The summed E-state index contributed by atoms with van der Waals surface area (Å²) in [5.41, 5.74) is 0. The average molecular weight is 282 g/mol. The van der Waals surface area contributed by atoms with Crippen LogP contribution in [-0.4, -0.2) is 23.8 Å². The second-order valence-corrected chi connectivity index (χ2v) is 4.54. The second kappa shape index (κ2) is 6.54. The van der Waals surface area contributed by atoms with E-state index in [-0.39, 0.29) is 6.10 Å². The lowest BCUT2D eigenvalue weighted by atomic mass is 10.3. The van der Waals surface area contributed by atoms with E-state index >= 15 is 0 Å². The van der Waals surface area contributed by atoms with Gasteiger partial charge in [0.25, 0.3) is 5.89 Å². The van der Waals surface area contributed by atoms with Gasteiger partial charge in [-0.05, 0) is 32.2 Å². The summed E-state index contributed by atoms with van der Waals surface area (Å²) in [6.45, 7) is 2.65. The van der Waals surface area contributed by atoms with Crippen molar-refractivity contribution >= 4 is 11.6 Å². The van der Waals surface area contributed by atoms with E-state index in [1.807, 2.05) is 26.1 Å². The van der Waals surface area contributed by atoms with Crippen molar-refractivity contribution < 1.29 is 9.15 Å². The number of ether oxygens (including phenoxy) is 1. The minimum absolute atomic E-state index is 0.311. The SMILES string of the molecule is CNCCc1nnc(C(C)Oc2cccc(Cl)c2)o1. The molecule has 1 unspecified atom stereocenters. The number of nitrogens with zero attached hydrogens (tertiary/aromatic N) is 2. The van der Waals surface area contributed by atoms with Crippen molar-refractivity contribution in [3.8, 4) is 5.75 Å². The van der Waals surface area contributed by atoms with Crippen molar-refractivity contribution in [2.45, 2.75) is 19.4 Å². The van der Waals surface area contributed by atoms with E-state index < -0.39 is 0 Å². The molecule has 0 spiro atoms. The molecule has 1 aromatic heterocycles. The van der Waals surface area contributed by atoms with Gasteiger partial charge in [0, 0.05) is 18.0 Å². The third kappa shape index (κ3) is 3.94. The molecule has 1 aromatic carbocycles. The summed E-state index contributed by atoms with van der Waals surface area (Å²) in [5.74, 6) is 1.74. The van der Waals surface area contributed by atoms with Crippen LogP contribution in [0.15, 0.2) is 28.7 Å². The molecule has 102 valence electrons. The van der Waals surface area contributed by atoms with E-state index in [1.165, 1.54) is 0 Å². The van der Waals surface area contributed by atoms with E-state index in [0.29, 0.717) is 29.0 Å². The highest BCUT2D eigenvalue weighted by Gasteiger charge is 2.15. The Morgan fingerprint density at radius 2 is 2.26 bits per heavy atom. The van der Waals surface area contributed by atoms with Gasteiger partial charge < -0.3 is 14.5 Å². The molecule has 6 heteroatoms. The summed E-state index contributed by atoms with van der Waals surface area (Å²) in [6.07, 6.45) is 0.391. The van der Waals surface area contributed by atoms with Gasteiger partial charge in [0.05, 0.1) is 0 Å². The van der Waals surface area contributed by atoms with Gasteiger partial charge in [0.2, 0.25) is 5.89 Å². The first-order valence-corrected chi connectivity index (χ1v) is 6.46. The molecule has 0 saturated carbocycles. The molecule has 2 rings (SSSR count). The molecule has 0 radical (unpaired) electrons. The number of nitrogens with one attached hydrogen (secondary N) is 1. The molecule has 0 aliphatic rings. The Bertz CT molecular complexity index is 530. The van der Waals surface area contributed by atoms with Crippen molar-refractivity contribution in [1.82, 2.24) is 15.5 Å². The molecule has 0 bridgehead atoms. The van der Waals surface area contributed by atoms with E-state index in [9.17, 15) is 0 Å². The fourth-order valence-corrected chi connectivity index (χ4v) is 1.74. The fraction of sp³-hybridized carbons (Fsp3) is 0.385. The predicted octanol–water partition coefficient (Wildman–Crippen LogP) is 2.62. The van der Waals surface area contributed by atoms with Crippen LogP contribution >= 0.6 is 11.6 Å². The Balaban J connectivity index is 1.99. The predicted molar refractivity (Wildman–Crippen MR) is 72.4 cm³/mol. The number of aromatic nitrogens is 2. The third-order valence-electron chi connectivity index (χ3n) is 2.53. The molecule has 1 atom stereocenters. The minimum Gasteiger partial charge on any atom is -0.481 e. The van der Waals surface area contributed by atoms with Crippen LogP contribution in [0.3, 0.4) is 0 Å². The zero-order valence-corrected chi connectivity index (χ0v) is 11.6. The van der Waals surface area contributed by atoms with Crippen LogP contribution in [0.2, 0.25) is 5.02 Å². The van der Waals surface area contributed by atoms with Crippen LogP contribution in [0, 0.1) is 0 Å². The highest BCUT2D eigenvalue weighted by atomic mass is 35.5. The summed E-state index contributed by atoms with van der Waals surface area (Å²) in [5, 5.41) is 11.6. The Morgan fingerprint density at radius 3 is 3.00 bits per heavy atom. The first-order chi connectivity index (χ1) is 9.19. The molecule has 5 nitrogen and oxygen atoms in total. The zero-order chi connectivity index (χ0) is 13.7. The standard InChI is InChI=1S/C13H16ClN3O2/c1-9(18-11-5-3-4-10(14)8-11)13-17-16-12(19-13)6-7-15-2/h3-5,8-9,15H,6-7H2,1-2H3. The molecular weight excluding hydrogens is 266 g/mol. The first-order valence-electron chi connectivity index (χ1n) is 6.08. The van der Waals surface area contributed by atoms with E-state index in [4.69, 9.17) is 20.8 Å². The molecule has 0 fully saturated rings. The van der Waals surface area contributed by atoms with Crippen molar-refractivity contribution in [2.75, 3.05) is 13.6 Å². The first kappa shape index (κ1) is 13.8. The van der Waals surface area contributed by atoms with Crippen molar-refractivity contribution in [2.24, 2.45) is 0 Å². The Kier molecular flexibility index (Phi) is 4.76. The van der Waals surface area contributed by atoms with E-state index in [0.717, 1.165) is 6.54 Å². The number of rotatable bonds is 6. The summed E-state index contributed by atoms with van der Waals surface area (Å²) < 4.78 is 11.2. The summed E-state index contributed by atoms with van der Waals surface area (Å²) in [6, 6.07) is 7.20. The minimum atomic E-state index is -0.311. The highest BCUT2D eigenvalue weighted by Crippen LogP contribution is 2.23. The van der Waals surface area contributed by atoms with Crippen molar-refractivity contribution in [3.63, 3.8) is 0 Å². The van der Waals surface area contributed by atoms with E-state index in [2.05, 4.69) is 15.5 Å². The topological polar surface area (TPSA) is 60.2 Å². The maximum absolute atomic E-state index is 5.90. The lowest BCUT2D eigenvalue weighted by molar-refractivity contribution is 0.186. The third-order valence-corrected chi connectivity index (χ3v) is 2.76. The van der Waals surface area contributed by atoms with Gasteiger partial charge in [-0.25, -0.2) is 0 Å². The Morgan fingerprint density at radius 1 is 1.42 bits per heavy atom. The normalized spacial score (nSPS) is 12.4. The summed E-state index contributed by atoms with van der Waals surface area (Å²) >= 11 is 5.90. The van der Waals surface area contributed by atoms with Gasteiger partial charge in [-0.2, -0.15) is 0 Å². The highest BCUT2D eigenvalue weighted by molar-refractivity contribution is 6.30. The summed E-state index contributed by atoms with van der Waals surface area (Å²) in [4.78, 5) is 0. The fourth-order valence-electron chi connectivity index (χ4n) is 1.56. The molecule has 0 saturated heterocycles. The van der Waals surface area contributed by atoms with Gasteiger partial charge in [0.1, 0.15) is 5.75 Å². The monoisotopic (exact) mass is 281 g/mol. The van der Waals surface area contributed by atoms with Crippen molar-refractivity contribution in [3.05, 3.63) is 41.1 Å². The molecule has 0 amide bonds. The molecule has 19 heavy (non-hydrogen) atoms. The molecule has 0 aliphatic carbocycles. The van der Waals surface area contributed by atoms with Gasteiger partial charge >= 0.3 is 0 Å². The number of halogens is 1. The Labute approximate surface area is 116 Å². The molecule has 1 N–H and O–H groups in total. The maximum atomic E-state index is 5.90. The molecular formula is C13H16ClN3O2. The maximum Gasteiger partial charge on any atom is 0.256 e. The van der Waals surface area contributed by atoms with Crippen LogP contribution in [0.1, 0.15) is 24.8 Å². The van der Waals surface area contributed by atoms with Gasteiger partial charge in [-0.1, -0.05) is 17.7 Å². The second-order valence-electron chi connectivity index (χ2n) is 4.11. The largest absolute Gasteiger partial charge is 0.481 e. The van der Waals surface area contributed by atoms with E-state index in [1.54, 1.807) is 12.1 Å². The summed E-state index contributed by atoms with van der Waals surface area (Å²) in [7, 11) is 1.88. The van der Waals surface area contributed by atoms with Crippen LogP contribution in [-0.2, 0) is 6.42 Å². The molecule has 1 heterocycles. The number of hydrogen-bond donors (Lipinski definition) is 1. The van der Waals surface area contributed by atoms with Gasteiger partial charge in [0.15, 0.2) is 6.10 Å². The van der Waals surface area contributed by atoms with Crippen molar-refractivity contribution in [1.29, 1.82) is 0 Å². The number of hydrogen-bond acceptors (Lipinski definition) is 5. The quantitative estimate of drug-likeness (QED) is 0.882. The van der Waals surface area contributed by atoms with Crippen LogP contribution in [0.5, 0.6) is 5.75 Å². The van der Waals surface area contributed by atoms with Crippen LogP contribution < -0.4 is 10.1 Å². The van der Waals surface area contributed by atoms with Crippen LogP contribution in [0.25, 0.3) is 0 Å².